The zero-order chi connectivity index (χ0) is 7.97. The van der Waals surface area contributed by atoms with Crippen LogP contribution in [0.25, 0.3) is 0 Å². The first-order valence-electron chi connectivity index (χ1n) is 4.15. The van der Waals surface area contributed by atoms with Gasteiger partial charge in [-0.15, -0.1) is 11.8 Å². The molecule has 0 amide bonds. The lowest BCUT2D eigenvalue weighted by Gasteiger charge is -2.15. The fraction of sp³-hybridized carbons (Fsp3) is 0.333. The number of rotatable bonds is 0. The van der Waals surface area contributed by atoms with Gasteiger partial charge in [0.1, 0.15) is 6.17 Å². The lowest BCUT2D eigenvalue weighted by atomic mass is 10.3. The molecule has 2 nitrogen and oxygen atoms in total. The van der Waals surface area contributed by atoms with E-state index < -0.39 is 0 Å². The number of benzene rings is 1. The highest BCUT2D eigenvalue weighted by Gasteiger charge is 2.32. The normalized spacial score (nSPS) is 25.0. The molecule has 12 heavy (non-hydrogen) atoms. The molecule has 0 bridgehead atoms. The Hall–Kier alpha value is -0.830. The highest BCUT2D eigenvalue weighted by atomic mass is 32.2. The van der Waals surface area contributed by atoms with Gasteiger partial charge >= 0.3 is 0 Å². The van der Waals surface area contributed by atoms with Gasteiger partial charge in [-0.2, -0.15) is 0 Å². The molecular weight excluding hydrogens is 168 g/mol. The molecule has 2 heterocycles. The predicted molar refractivity (Wildman–Crippen MR) is 53.7 cm³/mol. The van der Waals surface area contributed by atoms with Crippen molar-refractivity contribution in [2.45, 2.75) is 6.17 Å². The van der Waals surface area contributed by atoms with Crippen LogP contribution in [0.15, 0.2) is 24.3 Å². The summed E-state index contributed by atoms with van der Waals surface area (Å²) >= 11 is 1.99. The first kappa shape index (κ1) is 6.66. The predicted octanol–water partition coefficient (Wildman–Crippen LogP) is 1.95. The molecule has 0 saturated carbocycles. The van der Waals surface area contributed by atoms with Crippen molar-refractivity contribution < 1.29 is 0 Å². The first-order valence-corrected chi connectivity index (χ1v) is 5.30. The third-order valence-corrected chi connectivity index (χ3v) is 3.43. The summed E-state index contributed by atoms with van der Waals surface area (Å²) in [4.78, 5) is 2.43. The van der Waals surface area contributed by atoms with Crippen molar-refractivity contribution in [3.8, 4) is 0 Å². The molecular formula is C9H10N2S. The van der Waals surface area contributed by atoms with Crippen molar-refractivity contribution in [2.75, 3.05) is 21.8 Å². The van der Waals surface area contributed by atoms with Crippen LogP contribution < -0.4 is 10.2 Å². The summed E-state index contributed by atoms with van der Waals surface area (Å²) in [6.45, 7) is 0. The van der Waals surface area contributed by atoms with E-state index in [-0.39, 0.29) is 0 Å². The van der Waals surface area contributed by atoms with Crippen LogP contribution in [0.1, 0.15) is 0 Å². The molecule has 62 valence electrons. The molecule has 3 rings (SSSR count). The van der Waals surface area contributed by atoms with Crippen LogP contribution in [0.3, 0.4) is 0 Å². The van der Waals surface area contributed by atoms with E-state index in [0.29, 0.717) is 6.17 Å². The SMILES string of the molecule is c1ccc2c(c1)NC1CSCN21. The van der Waals surface area contributed by atoms with Gasteiger partial charge in [0.15, 0.2) is 0 Å². The van der Waals surface area contributed by atoms with Crippen LogP contribution in [0.5, 0.6) is 0 Å². The van der Waals surface area contributed by atoms with Crippen LogP contribution in [0.4, 0.5) is 11.4 Å². The molecule has 0 aromatic heterocycles. The summed E-state index contributed by atoms with van der Waals surface area (Å²) in [7, 11) is 0. The van der Waals surface area contributed by atoms with Crippen LogP contribution in [0.2, 0.25) is 0 Å². The molecule has 0 aliphatic carbocycles. The number of fused-ring (bicyclic) bond motifs is 3. The average molecular weight is 178 g/mol. The van der Waals surface area contributed by atoms with Crippen molar-refractivity contribution in [3.05, 3.63) is 24.3 Å². The van der Waals surface area contributed by atoms with Gasteiger partial charge in [-0.25, -0.2) is 0 Å². The molecule has 1 unspecified atom stereocenters. The largest absolute Gasteiger partial charge is 0.363 e. The van der Waals surface area contributed by atoms with Gasteiger partial charge in [0, 0.05) is 5.75 Å². The number of anilines is 2. The minimum Gasteiger partial charge on any atom is -0.363 e. The van der Waals surface area contributed by atoms with Crippen molar-refractivity contribution in [1.82, 2.24) is 0 Å². The van der Waals surface area contributed by atoms with Crippen LogP contribution in [-0.4, -0.2) is 17.8 Å². The highest BCUT2D eigenvalue weighted by Crippen LogP contribution is 2.39. The van der Waals surface area contributed by atoms with Crippen LogP contribution >= 0.6 is 11.8 Å². The molecule has 2 aliphatic rings. The number of hydrogen-bond acceptors (Lipinski definition) is 3. The zero-order valence-electron chi connectivity index (χ0n) is 6.66. The lowest BCUT2D eigenvalue weighted by molar-refractivity contribution is 0.836. The molecule has 1 aromatic rings. The summed E-state index contributed by atoms with van der Waals surface area (Å²) < 4.78 is 0. The van der Waals surface area contributed by atoms with E-state index in [4.69, 9.17) is 0 Å². The van der Waals surface area contributed by atoms with E-state index in [9.17, 15) is 0 Å². The van der Waals surface area contributed by atoms with Gasteiger partial charge in [-0.1, -0.05) is 12.1 Å². The molecule has 1 saturated heterocycles. The number of nitrogens with one attached hydrogen (secondary N) is 1. The third kappa shape index (κ3) is 0.771. The van der Waals surface area contributed by atoms with E-state index in [1.807, 2.05) is 11.8 Å². The monoisotopic (exact) mass is 178 g/mol. The Morgan fingerprint density at radius 3 is 3.33 bits per heavy atom. The Kier molecular flexibility index (Phi) is 1.29. The molecule has 2 aliphatic heterocycles. The van der Waals surface area contributed by atoms with E-state index >= 15 is 0 Å². The summed E-state index contributed by atoms with van der Waals surface area (Å²) in [6, 6.07) is 8.53. The summed E-state index contributed by atoms with van der Waals surface area (Å²) in [5.74, 6) is 2.34. The Morgan fingerprint density at radius 2 is 2.33 bits per heavy atom. The lowest BCUT2D eigenvalue weighted by Crippen LogP contribution is -2.30. The topological polar surface area (TPSA) is 15.3 Å². The van der Waals surface area contributed by atoms with Crippen LogP contribution in [-0.2, 0) is 0 Å². The maximum Gasteiger partial charge on any atom is 0.109 e. The van der Waals surface area contributed by atoms with Gasteiger partial charge in [-0.3, -0.25) is 0 Å². The third-order valence-electron chi connectivity index (χ3n) is 2.42. The van der Waals surface area contributed by atoms with Crippen LogP contribution in [0, 0.1) is 0 Å². The second-order valence-electron chi connectivity index (χ2n) is 3.15. The maximum atomic E-state index is 3.50. The van der Waals surface area contributed by atoms with Gasteiger partial charge in [0.25, 0.3) is 0 Å². The van der Waals surface area contributed by atoms with Gasteiger partial charge in [0.2, 0.25) is 0 Å². The number of hydrogen-bond donors (Lipinski definition) is 1. The van der Waals surface area contributed by atoms with Crippen molar-refractivity contribution in [1.29, 1.82) is 0 Å². The minimum atomic E-state index is 0.549. The number of para-hydroxylation sites is 2. The summed E-state index contributed by atoms with van der Waals surface area (Å²) in [5, 5.41) is 3.50. The standard InChI is InChI=1S/C9H10N2S/c1-2-4-8-7(3-1)10-9-5-12-6-11(8)9/h1-4,9-10H,5-6H2. The van der Waals surface area contributed by atoms with E-state index in [2.05, 4.69) is 34.5 Å². The van der Waals surface area contributed by atoms with Gasteiger partial charge < -0.3 is 10.2 Å². The fourth-order valence-electron chi connectivity index (χ4n) is 1.83. The van der Waals surface area contributed by atoms with Crippen molar-refractivity contribution in [3.63, 3.8) is 0 Å². The molecule has 3 heteroatoms. The van der Waals surface area contributed by atoms with E-state index in [1.165, 1.54) is 17.1 Å². The first-order chi connectivity index (χ1) is 5.95. The molecule has 1 N–H and O–H groups in total. The van der Waals surface area contributed by atoms with Crippen molar-refractivity contribution >= 4 is 23.1 Å². The minimum absolute atomic E-state index is 0.549. The number of thioether (sulfide) groups is 1. The average Bonchev–Trinajstić information content (AvgIpc) is 2.62. The van der Waals surface area contributed by atoms with Crippen molar-refractivity contribution in [2.24, 2.45) is 0 Å². The highest BCUT2D eigenvalue weighted by molar-refractivity contribution is 7.99. The smallest absolute Gasteiger partial charge is 0.109 e. The summed E-state index contributed by atoms with van der Waals surface area (Å²) in [6.07, 6.45) is 0.549. The van der Waals surface area contributed by atoms with Gasteiger partial charge in [0.05, 0.1) is 17.3 Å². The molecule has 0 spiro atoms. The molecule has 1 fully saturated rings. The Morgan fingerprint density at radius 1 is 1.42 bits per heavy atom. The molecule has 0 radical (unpaired) electrons. The second kappa shape index (κ2) is 2.33. The van der Waals surface area contributed by atoms with E-state index in [1.54, 1.807) is 0 Å². The Labute approximate surface area is 75.9 Å². The zero-order valence-corrected chi connectivity index (χ0v) is 7.47. The Balaban J connectivity index is 2.09. The van der Waals surface area contributed by atoms with Gasteiger partial charge in [-0.05, 0) is 12.1 Å². The number of nitrogens with zero attached hydrogens (tertiary/aromatic N) is 1. The second-order valence-corrected chi connectivity index (χ2v) is 4.15. The maximum absolute atomic E-state index is 3.50. The Bertz CT molecular complexity index is 313. The quantitative estimate of drug-likeness (QED) is 0.653. The summed E-state index contributed by atoms with van der Waals surface area (Å²) in [5.41, 5.74) is 2.66. The molecule has 1 aromatic carbocycles. The van der Waals surface area contributed by atoms with E-state index in [0.717, 1.165) is 5.88 Å². The fourth-order valence-corrected chi connectivity index (χ4v) is 2.93. The molecule has 1 atom stereocenters.